The van der Waals surface area contributed by atoms with Crippen LogP contribution in [0.3, 0.4) is 0 Å². The molecular weight excluding hydrogens is 254 g/mol. The zero-order chi connectivity index (χ0) is 13.2. The summed E-state index contributed by atoms with van der Waals surface area (Å²) in [5, 5.41) is 11.8. The van der Waals surface area contributed by atoms with Crippen LogP contribution in [0.1, 0.15) is 32.6 Å². The van der Waals surface area contributed by atoms with Gasteiger partial charge in [-0.2, -0.15) is 17.0 Å². The first-order valence-electron chi connectivity index (χ1n) is 6.49. The van der Waals surface area contributed by atoms with Gasteiger partial charge >= 0.3 is 0 Å². The highest BCUT2D eigenvalue weighted by Gasteiger charge is 2.34. The van der Waals surface area contributed by atoms with Gasteiger partial charge in [0.1, 0.15) is 0 Å². The molecular formula is C11H21N3O3S. The summed E-state index contributed by atoms with van der Waals surface area (Å²) < 4.78 is 28.0. The number of hydrogen-bond donors (Lipinski definition) is 1. The standard InChI is InChI=1S/C11H21N3O3S/c1-10-3-2-6-14(9-10)18(16,17)13-7-4-11(12-15)5-8-13/h10,15H,2-9H2,1H3. The maximum atomic E-state index is 12.4. The van der Waals surface area contributed by atoms with Crippen molar-refractivity contribution in [2.24, 2.45) is 11.1 Å². The summed E-state index contributed by atoms with van der Waals surface area (Å²) >= 11 is 0. The molecule has 6 nitrogen and oxygen atoms in total. The molecule has 2 saturated heterocycles. The summed E-state index contributed by atoms with van der Waals surface area (Å²) in [7, 11) is -3.32. The summed E-state index contributed by atoms with van der Waals surface area (Å²) in [4.78, 5) is 0. The third-order valence-electron chi connectivity index (χ3n) is 3.71. The number of oxime groups is 1. The molecule has 0 aliphatic carbocycles. The van der Waals surface area contributed by atoms with Crippen molar-refractivity contribution in [1.82, 2.24) is 8.61 Å². The predicted octanol–water partition coefficient (Wildman–Crippen LogP) is 0.889. The van der Waals surface area contributed by atoms with Gasteiger partial charge in [-0.15, -0.1) is 0 Å². The Bertz CT molecular complexity index is 411. The molecule has 2 aliphatic heterocycles. The Kier molecular flexibility index (Phi) is 4.24. The van der Waals surface area contributed by atoms with Gasteiger partial charge < -0.3 is 5.21 Å². The topological polar surface area (TPSA) is 73.2 Å². The minimum absolute atomic E-state index is 0.423. The second-order valence-electron chi connectivity index (χ2n) is 5.18. The van der Waals surface area contributed by atoms with E-state index in [0.717, 1.165) is 12.8 Å². The highest BCUT2D eigenvalue weighted by Crippen LogP contribution is 2.22. The van der Waals surface area contributed by atoms with Crippen LogP contribution in [0.15, 0.2) is 5.16 Å². The van der Waals surface area contributed by atoms with Crippen molar-refractivity contribution < 1.29 is 13.6 Å². The second-order valence-corrected chi connectivity index (χ2v) is 7.11. The average molecular weight is 275 g/mol. The summed E-state index contributed by atoms with van der Waals surface area (Å²) in [6.45, 7) is 4.19. The van der Waals surface area contributed by atoms with E-state index in [1.54, 1.807) is 4.31 Å². The molecule has 0 radical (unpaired) electrons. The van der Waals surface area contributed by atoms with Crippen molar-refractivity contribution >= 4 is 15.9 Å². The van der Waals surface area contributed by atoms with Gasteiger partial charge in [0, 0.05) is 39.0 Å². The molecule has 1 atom stereocenters. The van der Waals surface area contributed by atoms with E-state index in [2.05, 4.69) is 12.1 Å². The van der Waals surface area contributed by atoms with Gasteiger partial charge in [-0.3, -0.25) is 0 Å². The Balaban J connectivity index is 2.02. The van der Waals surface area contributed by atoms with Crippen molar-refractivity contribution in [3.05, 3.63) is 0 Å². The van der Waals surface area contributed by atoms with E-state index < -0.39 is 10.2 Å². The molecule has 7 heteroatoms. The van der Waals surface area contributed by atoms with Crippen molar-refractivity contribution in [3.8, 4) is 0 Å². The van der Waals surface area contributed by atoms with E-state index in [1.807, 2.05) is 0 Å². The van der Waals surface area contributed by atoms with Crippen LogP contribution in [0.5, 0.6) is 0 Å². The lowest BCUT2D eigenvalue weighted by Gasteiger charge is -2.35. The van der Waals surface area contributed by atoms with Crippen molar-refractivity contribution in [3.63, 3.8) is 0 Å². The molecule has 18 heavy (non-hydrogen) atoms. The average Bonchev–Trinajstić information content (AvgIpc) is 2.39. The van der Waals surface area contributed by atoms with Crippen LogP contribution < -0.4 is 0 Å². The van der Waals surface area contributed by atoms with Crippen LogP contribution in [0, 0.1) is 5.92 Å². The Morgan fingerprint density at radius 2 is 1.89 bits per heavy atom. The molecule has 0 aromatic rings. The summed E-state index contributed by atoms with van der Waals surface area (Å²) in [6.07, 6.45) is 3.10. The smallest absolute Gasteiger partial charge is 0.282 e. The van der Waals surface area contributed by atoms with E-state index >= 15 is 0 Å². The van der Waals surface area contributed by atoms with Crippen molar-refractivity contribution in [1.29, 1.82) is 0 Å². The molecule has 0 amide bonds. The Morgan fingerprint density at radius 3 is 2.44 bits per heavy atom. The minimum Gasteiger partial charge on any atom is -0.411 e. The number of hydrogen-bond acceptors (Lipinski definition) is 4. The quantitative estimate of drug-likeness (QED) is 0.601. The normalized spacial score (nSPS) is 28.3. The molecule has 2 rings (SSSR count). The number of rotatable bonds is 2. The van der Waals surface area contributed by atoms with Crippen molar-refractivity contribution in [2.45, 2.75) is 32.6 Å². The van der Waals surface area contributed by atoms with Crippen LogP contribution in [0.25, 0.3) is 0 Å². The van der Waals surface area contributed by atoms with Gasteiger partial charge in [-0.1, -0.05) is 12.1 Å². The molecule has 2 fully saturated rings. The van der Waals surface area contributed by atoms with E-state index in [4.69, 9.17) is 5.21 Å². The molecule has 0 spiro atoms. The van der Waals surface area contributed by atoms with Gasteiger partial charge in [0.05, 0.1) is 5.71 Å². The summed E-state index contributed by atoms with van der Waals surface area (Å²) in [5.41, 5.74) is 0.688. The van der Waals surface area contributed by atoms with Gasteiger partial charge in [-0.05, 0) is 18.8 Å². The summed E-state index contributed by atoms with van der Waals surface area (Å²) in [5.74, 6) is 0.438. The van der Waals surface area contributed by atoms with Crippen LogP contribution in [0.4, 0.5) is 0 Å². The third kappa shape index (κ3) is 2.84. The minimum atomic E-state index is -3.32. The van der Waals surface area contributed by atoms with Gasteiger partial charge in [-0.25, -0.2) is 0 Å². The third-order valence-corrected chi connectivity index (χ3v) is 5.72. The number of piperidine rings is 2. The SMILES string of the molecule is CC1CCCN(S(=O)(=O)N2CCC(=NO)CC2)C1. The fraction of sp³-hybridized carbons (Fsp3) is 0.909. The Hall–Kier alpha value is -0.660. The monoisotopic (exact) mass is 275 g/mol. The Labute approximate surface area is 108 Å². The number of nitrogens with zero attached hydrogens (tertiary/aromatic N) is 3. The predicted molar refractivity (Wildman–Crippen MR) is 68.9 cm³/mol. The fourth-order valence-electron chi connectivity index (χ4n) is 2.59. The van der Waals surface area contributed by atoms with Crippen LogP contribution in [-0.4, -0.2) is 54.1 Å². The highest BCUT2D eigenvalue weighted by atomic mass is 32.2. The first-order chi connectivity index (χ1) is 8.54. The largest absolute Gasteiger partial charge is 0.411 e. The molecule has 2 aliphatic rings. The van der Waals surface area contributed by atoms with E-state index in [1.165, 1.54) is 4.31 Å². The lowest BCUT2D eigenvalue weighted by Crippen LogP contribution is -2.50. The first-order valence-corrected chi connectivity index (χ1v) is 7.88. The maximum absolute atomic E-state index is 12.4. The first kappa shape index (κ1) is 13.8. The second kappa shape index (κ2) is 5.54. The lowest BCUT2D eigenvalue weighted by molar-refractivity contribution is 0.255. The van der Waals surface area contributed by atoms with Crippen molar-refractivity contribution in [2.75, 3.05) is 26.2 Å². The molecule has 0 saturated carbocycles. The van der Waals surface area contributed by atoms with E-state index in [9.17, 15) is 8.42 Å². The van der Waals surface area contributed by atoms with Crippen LogP contribution >= 0.6 is 0 Å². The Morgan fingerprint density at radius 1 is 1.22 bits per heavy atom. The molecule has 0 bridgehead atoms. The van der Waals surface area contributed by atoms with Crippen LogP contribution in [0.2, 0.25) is 0 Å². The fourth-order valence-corrected chi connectivity index (χ4v) is 4.37. The molecule has 2 heterocycles. The summed E-state index contributed by atoms with van der Waals surface area (Å²) in [6, 6.07) is 0. The molecule has 0 aromatic carbocycles. The van der Waals surface area contributed by atoms with Crippen LogP contribution in [-0.2, 0) is 10.2 Å². The maximum Gasteiger partial charge on any atom is 0.282 e. The molecule has 1 N–H and O–H groups in total. The molecule has 0 aromatic heterocycles. The van der Waals surface area contributed by atoms with Gasteiger partial charge in [0.2, 0.25) is 0 Å². The lowest BCUT2D eigenvalue weighted by atomic mass is 10.0. The highest BCUT2D eigenvalue weighted by molar-refractivity contribution is 7.86. The van der Waals surface area contributed by atoms with E-state index in [-0.39, 0.29) is 0 Å². The van der Waals surface area contributed by atoms with Gasteiger partial charge in [0.25, 0.3) is 10.2 Å². The van der Waals surface area contributed by atoms with E-state index in [0.29, 0.717) is 50.7 Å². The zero-order valence-electron chi connectivity index (χ0n) is 10.7. The molecule has 1 unspecified atom stereocenters. The van der Waals surface area contributed by atoms with Gasteiger partial charge in [0.15, 0.2) is 0 Å². The zero-order valence-corrected chi connectivity index (χ0v) is 11.6. The molecule has 104 valence electrons.